The molecule has 0 fully saturated rings. The van der Waals surface area contributed by atoms with Gasteiger partial charge in [0.2, 0.25) is 0 Å². The van der Waals surface area contributed by atoms with E-state index in [4.69, 9.17) is 5.26 Å². The van der Waals surface area contributed by atoms with Crippen LogP contribution in [-0.4, -0.2) is 6.54 Å². The third-order valence-corrected chi connectivity index (χ3v) is 3.12. The van der Waals surface area contributed by atoms with E-state index < -0.39 is 0 Å². The summed E-state index contributed by atoms with van der Waals surface area (Å²) in [5.41, 5.74) is 1.93. The van der Waals surface area contributed by atoms with Crippen LogP contribution in [0, 0.1) is 22.7 Å². The van der Waals surface area contributed by atoms with E-state index in [0.29, 0.717) is 11.5 Å². The third-order valence-electron chi connectivity index (χ3n) is 3.12. The van der Waals surface area contributed by atoms with Crippen LogP contribution >= 0.6 is 0 Å². The van der Waals surface area contributed by atoms with Crippen molar-refractivity contribution >= 4 is 5.69 Å². The molecule has 0 aliphatic rings. The molecular formula is C14H20N2. The monoisotopic (exact) mass is 216 g/mol. The molecule has 0 aromatic heterocycles. The van der Waals surface area contributed by atoms with Gasteiger partial charge in [-0.05, 0) is 23.5 Å². The van der Waals surface area contributed by atoms with Gasteiger partial charge in [-0.3, -0.25) is 0 Å². The van der Waals surface area contributed by atoms with Crippen LogP contribution in [0.25, 0.3) is 0 Å². The van der Waals surface area contributed by atoms with Crippen molar-refractivity contribution in [3.63, 3.8) is 0 Å². The minimum Gasteiger partial charge on any atom is -0.384 e. The summed E-state index contributed by atoms with van der Waals surface area (Å²) in [6.45, 7) is 9.81. The summed E-state index contributed by atoms with van der Waals surface area (Å²) in [4.78, 5) is 0. The van der Waals surface area contributed by atoms with Crippen LogP contribution < -0.4 is 5.32 Å². The van der Waals surface area contributed by atoms with Crippen LogP contribution in [0.5, 0.6) is 0 Å². The molecule has 0 bridgehead atoms. The number of anilines is 1. The molecule has 0 amide bonds. The van der Waals surface area contributed by atoms with E-state index >= 15 is 0 Å². The van der Waals surface area contributed by atoms with E-state index in [1.54, 1.807) is 0 Å². The summed E-state index contributed by atoms with van der Waals surface area (Å²) < 4.78 is 0. The maximum absolute atomic E-state index is 8.95. The first-order valence-electron chi connectivity index (χ1n) is 5.68. The van der Waals surface area contributed by atoms with Crippen LogP contribution in [0.4, 0.5) is 5.69 Å². The minimum atomic E-state index is 0.286. The van der Waals surface area contributed by atoms with Gasteiger partial charge in [-0.1, -0.05) is 39.8 Å². The van der Waals surface area contributed by atoms with Crippen LogP contribution in [0.15, 0.2) is 24.3 Å². The number of hydrogen-bond acceptors (Lipinski definition) is 2. The average molecular weight is 216 g/mol. The molecule has 0 spiro atoms. The van der Waals surface area contributed by atoms with Gasteiger partial charge in [0.15, 0.2) is 0 Å². The number of rotatable bonds is 3. The smallest absolute Gasteiger partial charge is 0.101 e. The molecule has 2 heteroatoms. The summed E-state index contributed by atoms with van der Waals surface area (Å²) in [7, 11) is 0. The number of nitrogens with one attached hydrogen (secondary N) is 1. The quantitative estimate of drug-likeness (QED) is 0.837. The van der Waals surface area contributed by atoms with Crippen molar-refractivity contribution in [1.82, 2.24) is 0 Å². The molecule has 1 N–H and O–H groups in total. The second-order valence-corrected chi connectivity index (χ2v) is 5.31. The number of para-hydroxylation sites is 1. The van der Waals surface area contributed by atoms with Gasteiger partial charge < -0.3 is 5.32 Å². The second kappa shape index (κ2) is 5.03. The van der Waals surface area contributed by atoms with Crippen LogP contribution in [0.1, 0.15) is 33.3 Å². The van der Waals surface area contributed by atoms with E-state index in [2.05, 4.69) is 39.1 Å². The Morgan fingerprint density at radius 1 is 1.31 bits per heavy atom. The van der Waals surface area contributed by atoms with Crippen LogP contribution in [0.3, 0.4) is 0 Å². The standard InChI is InChI=1S/C14H20N2/c1-11(14(2,3)4)10-16-13-8-6-5-7-12(13)9-15/h5-8,11,16H,10H2,1-4H3. The Balaban J connectivity index is 2.66. The maximum Gasteiger partial charge on any atom is 0.101 e. The summed E-state index contributed by atoms with van der Waals surface area (Å²) in [6.07, 6.45) is 0. The minimum absolute atomic E-state index is 0.286. The zero-order valence-electron chi connectivity index (χ0n) is 10.5. The Hall–Kier alpha value is -1.49. The second-order valence-electron chi connectivity index (χ2n) is 5.31. The van der Waals surface area contributed by atoms with Gasteiger partial charge in [-0.25, -0.2) is 0 Å². The van der Waals surface area contributed by atoms with Gasteiger partial charge in [0.25, 0.3) is 0 Å². The normalized spacial score (nSPS) is 12.9. The molecular weight excluding hydrogens is 196 g/mol. The van der Waals surface area contributed by atoms with E-state index in [0.717, 1.165) is 12.2 Å². The largest absolute Gasteiger partial charge is 0.384 e. The van der Waals surface area contributed by atoms with Crippen molar-refractivity contribution in [2.24, 2.45) is 11.3 Å². The molecule has 86 valence electrons. The highest BCUT2D eigenvalue weighted by Crippen LogP contribution is 2.26. The molecule has 2 nitrogen and oxygen atoms in total. The topological polar surface area (TPSA) is 35.8 Å². The summed E-state index contributed by atoms with van der Waals surface area (Å²) >= 11 is 0. The lowest BCUT2D eigenvalue weighted by atomic mass is 9.82. The van der Waals surface area contributed by atoms with Gasteiger partial charge in [0.1, 0.15) is 6.07 Å². The fraction of sp³-hybridized carbons (Fsp3) is 0.500. The van der Waals surface area contributed by atoms with Gasteiger partial charge in [-0.2, -0.15) is 5.26 Å². The number of benzene rings is 1. The van der Waals surface area contributed by atoms with Crippen molar-refractivity contribution < 1.29 is 0 Å². The van der Waals surface area contributed by atoms with E-state index in [1.807, 2.05) is 24.3 Å². The van der Waals surface area contributed by atoms with Crippen LogP contribution in [0.2, 0.25) is 0 Å². The average Bonchev–Trinajstić information content (AvgIpc) is 2.24. The highest BCUT2D eigenvalue weighted by Gasteiger charge is 2.19. The molecule has 1 aromatic carbocycles. The Morgan fingerprint density at radius 2 is 1.94 bits per heavy atom. The summed E-state index contributed by atoms with van der Waals surface area (Å²) in [5, 5.41) is 12.3. The SMILES string of the molecule is CC(CNc1ccccc1C#N)C(C)(C)C. The zero-order valence-corrected chi connectivity index (χ0v) is 10.5. The maximum atomic E-state index is 8.95. The van der Waals surface area contributed by atoms with Gasteiger partial charge in [0.05, 0.1) is 11.3 Å². The highest BCUT2D eigenvalue weighted by molar-refractivity contribution is 5.57. The number of nitrogens with zero attached hydrogens (tertiary/aromatic N) is 1. The molecule has 0 aliphatic heterocycles. The predicted octanol–water partition coefficient (Wildman–Crippen LogP) is 3.65. The number of nitriles is 1. The van der Waals surface area contributed by atoms with E-state index in [9.17, 15) is 0 Å². The van der Waals surface area contributed by atoms with E-state index in [-0.39, 0.29) is 5.41 Å². The van der Waals surface area contributed by atoms with Crippen molar-refractivity contribution in [2.45, 2.75) is 27.7 Å². The molecule has 0 heterocycles. The molecule has 0 saturated carbocycles. The van der Waals surface area contributed by atoms with Crippen molar-refractivity contribution in [2.75, 3.05) is 11.9 Å². The molecule has 0 aliphatic carbocycles. The first-order chi connectivity index (χ1) is 7.45. The van der Waals surface area contributed by atoms with Crippen molar-refractivity contribution in [3.8, 4) is 6.07 Å². The van der Waals surface area contributed by atoms with Crippen LogP contribution in [-0.2, 0) is 0 Å². The van der Waals surface area contributed by atoms with E-state index in [1.165, 1.54) is 0 Å². The van der Waals surface area contributed by atoms with Gasteiger partial charge in [-0.15, -0.1) is 0 Å². The summed E-state index contributed by atoms with van der Waals surface area (Å²) in [5.74, 6) is 0.555. The number of hydrogen-bond donors (Lipinski definition) is 1. The Bertz CT molecular complexity index is 382. The first-order valence-corrected chi connectivity index (χ1v) is 5.68. The van der Waals surface area contributed by atoms with Crippen molar-refractivity contribution in [3.05, 3.63) is 29.8 Å². The van der Waals surface area contributed by atoms with Crippen molar-refractivity contribution in [1.29, 1.82) is 5.26 Å². The third kappa shape index (κ3) is 3.27. The molecule has 0 radical (unpaired) electrons. The molecule has 1 atom stereocenters. The molecule has 0 saturated heterocycles. The zero-order chi connectivity index (χ0) is 12.2. The molecule has 1 unspecified atom stereocenters. The Kier molecular flexibility index (Phi) is 3.95. The molecule has 16 heavy (non-hydrogen) atoms. The lowest BCUT2D eigenvalue weighted by Gasteiger charge is -2.27. The first kappa shape index (κ1) is 12.6. The highest BCUT2D eigenvalue weighted by atomic mass is 14.9. The van der Waals surface area contributed by atoms with Gasteiger partial charge in [0, 0.05) is 6.54 Å². The molecule has 1 aromatic rings. The fourth-order valence-corrected chi connectivity index (χ4v) is 1.30. The van der Waals surface area contributed by atoms with Gasteiger partial charge >= 0.3 is 0 Å². The lowest BCUT2D eigenvalue weighted by Crippen LogP contribution is -2.25. The Labute approximate surface area is 98.3 Å². The lowest BCUT2D eigenvalue weighted by molar-refractivity contribution is 0.274. The Morgan fingerprint density at radius 3 is 2.50 bits per heavy atom. The summed E-state index contributed by atoms with van der Waals surface area (Å²) in [6, 6.07) is 9.82. The molecule has 1 rings (SSSR count). The predicted molar refractivity (Wildman–Crippen MR) is 68.3 cm³/mol. The fourth-order valence-electron chi connectivity index (χ4n) is 1.30.